The first-order valence-corrected chi connectivity index (χ1v) is 8.15. The van der Waals surface area contributed by atoms with Crippen LogP contribution in [0, 0.1) is 0 Å². The summed E-state index contributed by atoms with van der Waals surface area (Å²) >= 11 is 0. The van der Waals surface area contributed by atoms with Crippen LogP contribution in [0.5, 0.6) is 0 Å². The van der Waals surface area contributed by atoms with Crippen molar-refractivity contribution in [1.29, 1.82) is 0 Å². The number of amides is 2. The van der Waals surface area contributed by atoms with E-state index in [1.54, 1.807) is 24.3 Å². The molecule has 2 unspecified atom stereocenters. The Labute approximate surface area is 130 Å². The molecule has 1 aromatic rings. The van der Waals surface area contributed by atoms with Crippen LogP contribution in [0.1, 0.15) is 6.92 Å². The first-order chi connectivity index (χ1) is 10.5. The van der Waals surface area contributed by atoms with E-state index in [-0.39, 0.29) is 30.9 Å². The molecular formula is C14H18N2O5S. The highest BCUT2D eigenvalue weighted by Gasteiger charge is 2.32. The van der Waals surface area contributed by atoms with Crippen LogP contribution in [0.4, 0.5) is 10.5 Å². The fraction of sp³-hybridized carbons (Fsp3) is 0.429. The van der Waals surface area contributed by atoms with Crippen molar-refractivity contribution in [1.82, 2.24) is 5.32 Å². The molecule has 2 rings (SSSR count). The second kappa shape index (κ2) is 7.37. The molecule has 0 radical (unpaired) electrons. The number of hydrogen-bond donors (Lipinski definition) is 2. The van der Waals surface area contributed by atoms with Crippen LogP contribution in [0.3, 0.4) is 0 Å². The van der Waals surface area contributed by atoms with Gasteiger partial charge in [-0.1, -0.05) is 0 Å². The second-order valence-corrected chi connectivity index (χ2v) is 6.39. The summed E-state index contributed by atoms with van der Waals surface area (Å²) in [5.41, 5.74) is 0.639. The molecule has 1 aromatic carbocycles. The van der Waals surface area contributed by atoms with Crippen LogP contribution >= 0.6 is 0 Å². The van der Waals surface area contributed by atoms with Crippen molar-refractivity contribution in [3.63, 3.8) is 0 Å². The Hall–Kier alpha value is -1.93. The summed E-state index contributed by atoms with van der Waals surface area (Å²) in [6, 6.07) is 6.70. The molecular weight excluding hydrogens is 308 g/mol. The van der Waals surface area contributed by atoms with Crippen LogP contribution < -0.4 is 10.2 Å². The van der Waals surface area contributed by atoms with Gasteiger partial charge in [0.15, 0.2) is 0 Å². The molecule has 1 heterocycles. The lowest BCUT2D eigenvalue weighted by atomic mass is 10.2. The van der Waals surface area contributed by atoms with Crippen molar-refractivity contribution in [2.45, 2.75) is 17.9 Å². The van der Waals surface area contributed by atoms with Crippen LogP contribution in [-0.4, -0.2) is 52.9 Å². The molecule has 2 N–H and O–H groups in total. The molecule has 1 aliphatic rings. The number of nitrogens with zero attached hydrogens (tertiary/aromatic N) is 1. The topological polar surface area (TPSA) is 95.9 Å². The fourth-order valence-corrected chi connectivity index (χ4v) is 2.92. The number of aliphatic hydroxyl groups is 1. The van der Waals surface area contributed by atoms with E-state index in [9.17, 15) is 13.8 Å². The summed E-state index contributed by atoms with van der Waals surface area (Å²) in [7, 11) is -1.25. The van der Waals surface area contributed by atoms with E-state index in [0.29, 0.717) is 17.1 Å². The maximum Gasteiger partial charge on any atom is 0.414 e. The molecule has 7 nitrogen and oxygen atoms in total. The van der Waals surface area contributed by atoms with E-state index in [0.717, 1.165) is 0 Å². The van der Waals surface area contributed by atoms with Gasteiger partial charge in [0.25, 0.3) is 0 Å². The standard InChI is InChI=1S/C14H18N2O5S/c1-10(18)15-8-12-9-16(14(19)21-12)11-2-4-13(5-3-11)22(20)7-6-17/h2-5,12,17H,6-9H2,1H3,(H,15,18). The molecule has 1 fully saturated rings. The average molecular weight is 326 g/mol. The number of nitrogens with one attached hydrogen (secondary N) is 1. The maximum absolute atomic E-state index is 11.8. The third-order valence-corrected chi connectivity index (χ3v) is 4.49. The van der Waals surface area contributed by atoms with E-state index in [1.165, 1.54) is 11.8 Å². The summed E-state index contributed by atoms with van der Waals surface area (Å²) in [5, 5.41) is 11.4. The number of hydrogen-bond acceptors (Lipinski definition) is 5. The summed E-state index contributed by atoms with van der Waals surface area (Å²) in [6.07, 6.45) is -0.862. The van der Waals surface area contributed by atoms with Crippen molar-refractivity contribution in [2.75, 3.05) is 30.3 Å². The van der Waals surface area contributed by atoms with Gasteiger partial charge < -0.3 is 15.2 Å². The predicted molar refractivity (Wildman–Crippen MR) is 81.1 cm³/mol. The van der Waals surface area contributed by atoms with E-state index in [1.807, 2.05) is 0 Å². The highest BCUT2D eigenvalue weighted by molar-refractivity contribution is 7.85. The Kier molecular flexibility index (Phi) is 5.51. The molecule has 0 saturated carbocycles. The number of benzene rings is 1. The zero-order valence-electron chi connectivity index (χ0n) is 12.2. The zero-order valence-corrected chi connectivity index (χ0v) is 13.0. The van der Waals surface area contributed by atoms with Crippen LogP contribution in [0.25, 0.3) is 0 Å². The lowest BCUT2D eigenvalue weighted by Crippen LogP contribution is -2.33. The smallest absolute Gasteiger partial charge is 0.414 e. The van der Waals surface area contributed by atoms with Crippen molar-refractivity contribution in [2.24, 2.45) is 0 Å². The Bertz CT molecular complexity index is 575. The van der Waals surface area contributed by atoms with Gasteiger partial charge in [0, 0.05) is 17.5 Å². The SMILES string of the molecule is CC(=O)NCC1CN(c2ccc(S(=O)CCO)cc2)C(=O)O1. The second-order valence-electron chi connectivity index (χ2n) is 4.82. The Morgan fingerprint density at radius 3 is 2.73 bits per heavy atom. The van der Waals surface area contributed by atoms with E-state index in [2.05, 4.69) is 5.32 Å². The van der Waals surface area contributed by atoms with Crippen molar-refractivity contribution in [3.05, 3.63) is 24.3 Å². The van der Waals surface area contributed by atoms with Crippen LogP contribution in [0.15, 0.2) is 29.2 Å². The van der Waals surface area contributed by atoms with Gasteiger partial charge in [-0.15, -0.1) is 0 Å². The maximum atomic E-state index is 11.8. The molecule has 22 heavy (non-hydrogen) atoms. The number of cyclic esters (lactones) is 1. The third kappa shape index (κ3) is 4.05. The highest BCUT2D eigenvalue weighted by atomic mass is 32.2. The Morgan fingerprint density at radius 1 is 1.45 bits per heavy atom. The molecule has 1 aliphatic heterocycles. The highest BCUT2D eigenvalue weighted by Crippen LogP contribution is 2.22. The van der Waals surface area contributed by atoms with Gasteiger partial charge in [-0.3, -0.25) is 13.9 Å². The fourth-order valence-electron chi connectivity index (χ4n) is 2.07. The van der Waals surface area contributed by atoms with Gasteiger partial charge >= 0.3 is 6.09 Å². The largest absolute Gasteiger partial charge is 0.442 e. The molecule has 2 atom stereocenters. The molecule has 120 valence electrons. The minimum atomic E-state index is -1.25. The van der Waals surface area contributed by atoms with Crippen molar-refractivity contribution in [3.8, 4) is 0 Å². The Morgan fingerprint density at radius 2 is 2.14 bits per heavy atom. The van der Waals surface area contributed by atoms with Crippen LogP contribution in [-0.2, 0) is 20.3 Å². The molecule has 0 spiro atoms. The monoisotopic (exact) mass is 326 g/mol. The van der Waals surface area contributed by atoms with Gasteiger partial charge in [0.1, 0.15) is 6.10 Å². The summed E-state index contributed by atoms with van der Waals surface area (Å²) in [4.78, 5) is 24.8. The molecule has 0 bridgehead atoms. The van der Waals surface area contributed by atoms with Gasteiger partial charge in [-0.2, -0.15) is 0 Å². The number of ether oxygens (including phenoxy) is 1. The van der Waals surface area contributed by atoms with Crippen molar-refractivity contribution < 1.29 is 23.6 Å². The van der Waals surface area contributed by atoms with Gasteiger partial charge in [-0.05, 0) is 24.3 Å². The minimum absolute atomic E-state index is 0.141. The number of aliphatic hydroxyl groups excluding tert-OH is 1. The molecule has 2 amide bonds. The van der Waals surface area contributed by atoms with Gasteiger partial charge in [0.2, 0.25) is 5.91 Å². The zero-order chi connectivity index (χ0) is 16.1. The number of rotatable bonds is 6. The van der Waals surface area contributed by atoms with Gasteiger partial charge in [-0.25, -0.2) is 4.79 Å². The molecule has 0 aliphatic carbocycles. The van der Waals surface area contributed by atoms with E-state index in [4.69, 9.17) is 9.84 Å². The quantitative estimate of drug-likeness (QED) is 0.781. The predicted octanol–water partition coefficient (Wildman–Crippen LogP) is 0.248. The average Bonchev–Trinajstić information content (AvgIpc) is 2.86. The lowest BCUT2D eigenvalue weighted by molar-refractivity contribution is -0.119. The number of carbonyl (C=O) groups excluding carboxylic acids is 2. The lowest BCUT2D eigenvalue weighted by Gasteiger charge is -2.13. The summed E-state index contributed by atoms with van der Waals surface area (Å²) < 4.78 is 16.9. The normalized spacial score (nSPS) is 18.9. The Balaban J connectivity index is 2.01. The minimum Gasteiger partial charge on any atom is -0.442 e. The van der Waals surface area contributed by atoms with E-state index < -0.39 is 16.9 Å². The number of carbonyl (C=O) groups is 2. The van der Waals surface area contributed by atoms with Crippen LogP contribution in [0.2, 0.25) is 0 Å². The first-order valence-electron chi connectivity index (χ1n) is 6.83. The van der Waals surface area contributed by atoms with Gasteiger partial charge in [0.05, 0.1) is 36.2 Å². The van der Waals surface area contributed by atoms with Crippen molar-refractivity contribution >= 4 is 28.5 Å². The molecule has 1 saturated heterocycles. The summed E-state index contributed by atoms with van der Waals surface area (Å²) in [6.45, 7) is 1.88. The molecule has 0 aromatic heterocycles. The first kappa shape index (κ1) is 16.4. The third-order valence-electron chi connectivity index (χ3n) is 3.14. The summed E-state index contributed by atoms with van der Waals surface area (Å²) in [5.74, 6) is 0.00869. The molecule has 8 heteroatoms. The number of anilines is 1. The van der Waals surface area contributed by atoms with E-state index >= 15 is 0 Å².